The summed E-state index contributed by atoms with van der Waals surface area (Å²) in [6, 6.07) is 15.9. The number of aromatic nitrogens is 3. The van der Waals surface area contributed by atoms with Gasteiger partial charge in [-0.25, -0.2) is 9.67 Å². The van der Waals surface area contributed by atoms with E-state index in [9.17, 15) is 14.4 Å². The van der Waals surface area contributed by atoms with Gasteiger partial charge >= 0.3 is 0 Å². The Balaban J connectivity index is 1.42. The smallest absolute Gasteiger partial charge is 0.261 e. The lowest BCUT2D eigenvalue weighted by molar-refractivity contribution is 0.0593. The Morgan fingerprint density at radius 3 is 2.50 bits per heavy atom. The summed E-state index contributed by atoms with van der Waals surface area (Å²) in [5.74, 6) is -1.07. The molecule has 5 rings (SSSR count). The van der Waals surface area contributed by atoms with Gasteiger partial charge in [0, 0.05) is 17.0 Å². The van der Waals surface area contributed by atoms with E-state index in [1.165, 1.54) is 11.0 Å². The average Bonchev–Trinajstić information content (AvgIpc) is 3.32. The Morgan fingerprint density at radius 1 is 1.03 bits per heavy atom. The second-order valence-electron chi connectivity index (χ2n) is 8.38. The third-order valence-corrected chi connectivity index (χ3v) is 6.18. The van der Waals surface area contributed by atoms with Crippen molar-refractivity contribution in [2.45, 2.75) is 33.2 Å². The Bertz CT molecular complexity index is 1460. The zero-order valence-corrected chi connectivity index (χ0v) is 19.1. The highest BCUT2D eigenvalue weighted by atomic mass is 16.2. The Hall–Kier alpha value is -4.33. The molecule has 3 amide bonds. The van der Waals surface area contributed by atoms with E-state index < -0.39 is 0 Å². The number of rotatable bonds is 5. The van der Waals surface area contributed by atoms with E-state index in [-0.39, 0.29) is 29.3 Å². The van der Waals surface area contributed by atoms with Gasteiger partial charge in [-0.2, -0.15) is 5.10 Å². The van der Waals surface area contributed by atoms with Crippen LogP contribution in [0.4, 0.5) is 5.69 Å². The van der Waals surface area contributed by atoms with Gasteiger partial charge in [0.15, 0.2) is 5.65 Å². The van der Waals surface area contributed by atoms with Gasteiger partial charge in [0.05, 0.1) is 34.4 Å². The number of fused-ring (bicyclic) bond motifs is 2. The molecule has 0 fully saturated rings. The fourth-order valence-corrected chi connectivity index (χ4v) is 4.15. The number of benzene rings is 2. The van der Waals surface area contributed by atoms with Gasteiger partial charge in [0.1, 0.15) is 0 Å². The Kier molecular flexibility index (Phi) is 5.20. The first-order valence-electron chi connectivity index (χ1n) is 11.1. The predicted molar refractivity (Wildman–Crippen MR) is 128 cm³/mol. The summed E-state index contributed by atoms with van der Waals surface area (Å²) in [6.07, 6.45) is 2.24. The van der Waals surface area contributed by atoms with Crippen molar-refractivity contribution in [1.29, 1.82) is 0 Å². The maximum Gasteiger partial charge on any atom is 0.261 e. The summed E-state index contributed by atoms with van der Waals surface area (Å²) in [5.41, 5.74) is 3.76. The van der Waals surface area contributed by atoms with Gasteiger partial charge in [-0.15, -0.1) is 0 Å². The van der Waals surface area contributed by atoms with Crippen LogP contribution in [0.15, 0.2) is 60.8 Å². The van der Waals surface area contributed by atoms with Crippen LogP contribution in [0, 0.1) is 6.92 Å². The van der Waals surface area contributed by atoms with Crippen molar-refractivity contribution < 1.29 is 14.4 Å². The molecule has 8 nitrogen and oxygen atoms in total. The number of nitrogens with zero attached hydrogens (tertiary/aromatic N) is 4. The number of pyridine rings is 1. The van der Waals surface area contributed by atoms with Crippen molar-refractivity contribution in [2.75, 3.05) is 5.32 Å². The molecule has 0 radical (unpaired) electrons. The van der Waals surface area contributed by atoms with E-state index in [0.717, 1.165) is 16.8 Å². The molecule has 4 aromatic rings. The molecular weight excluding hydrogens is 430 g/mol. The summed E-state index contributed by atoms with van der Waals surface area (Å²) in [7, 11) is 0. The summed E-state index contributed by atoms with van der Waals surface area (Å²) in [4.78, 5) is 44.2. The molecule has 2 aromatic carbocycles. The lowest BCUT2D eigenvalue weighted by Gasteiger charge is -2.20. The van der Waals surface area contributed by atoms with Crippen LogP contribution < -0.4 is 5.32 Å². The number of para-hydroxylation sites is 1. The molecule has 0 saturated heterocycles. The molecule has 1 aliphatic heterocycles. The molecule has 1 aliphatic rings. The molecule has 3 heterocycles. The van der Waals surface area contributed by atoms with Crippen molar-refractivity contribution in [3.8, 4) is 5.69 Å². The SMILES string of the molecule is CCC(C)N1C(=O)c2ccc(C(=O)Nc3cnc4c(c3)c(C)nn4-c3ccccc3)cc2C1=O. The van der Waals surface area contributed by atoms with E-state index >= 15 is 0 Å². The second-order valence-corrected chi connectivity index (χ2v) is 8.38. The molecule has 1 N–H and O–H groups in total. The number of anilines is 1. The van der Waals surface area contributed by atoms with Gasteiger partial charge in [0.2, 0.25) is 0 Å². The normalized spacial score (nSPS) is 13.9. The molecule has 34 heavy (non-hydrogen) atoms. The highest BCUT2D eigenvalue weighted by Crippen LogP contribution is 2.27. The number of hydrogen-bond acceptors (Lipinski definition) is 5. The molecule has 2 aromatic heterocycles. The number of carbonyl (C=O) groups excluding carboxylic acids is 3. The number of hydrogen-bond donors (Lipinski definition) is 1. The lowest BCUT2D eigenvalue weighted by Crippen LogP contribution is -2.37. The van der Waals surface area contributed by atoms with Crippen LogP contribution in [0.5, 0.6) is 0 Å². The summed E-state index contributed by atoms with van der Waals surface area (Å²) < 4.78 is 1.77. The van der Waals surface area contributed by atoms with Crippen LogP contribution in [0.25, 0.3) is 16.7 Å². The highest BCUT2D eigenvalue weighted by Gasteiger charge is 2.38. The van der Waals surface area contributed by atoms with Crippen molar-refractivity contribution >= 4 is 34.4 Å². The topological polar surface area (TPSA) is 97.2 Å². The standard InChI is InChI=1S/C26H23N5O3/c1-4-15(2)30-25(33)20-11-10-17(12-22(20)26(30)34)24(32)28-18-13-21-16(3)29-31(23(21)27-14-18)19-8-6-5-7-9-19/h5-15H,4H2,1-3H3,(H,28,32). The maximum absolute atomic E-state index is 13.0. The number of amides is 3. The molecule has 1 atom stereocenters. The van der Waals surface area contributed by atoms with E-state index in [1.54, 1.807) is 23.0 Å². The van der Waals surface area contributed by atoms with Crippen molar-refractivity contribution in [3.63, 3.8) is 0 Å². The minimum Gasteiger partial charge on any atom is -0.321 e. The lowest BCUT2D eigenvalue weighted by atomic mass is 10.1. The first-order valence-corrected chi connectivity index (χ1v) is 11.1. The molecule has 0 spiro atoms. The molecule has 170 valence electrons. The predicted octanol–water partition coefficient (Wildman–Crippen LogP) is 4.38. The third kappa shape index (κ3) is 3.44. The van der Waals surface area contributed by atoms with E-state index in [1.807, 2.05) is 57.2 Å². The molecular formula is C26H23N5O3. The maximum atomic E-state index is 13.0. The number of aryl methyl sites for hydroxylation is 1. The van der Waals surface area contributed by atoms with Gasteiger partial charge < -0.3 is 5.32 Å². The third-order valence-electron chi connectivity index (χ3n) is 6.18. The molecule has 0 saturated carbocycles. The van der Waals surface area contributed by atoms with Crippen LogP contribution >= 0.6 is 0 Å². The van der Waals surface area contributed by atoms with Gasteiger partial charge in [0.25, 0.3) is 17.7 Å². The van der Waals surface area contributed by atoms with Crippen LogP contribution in [-0.4, -0.2) is 43.4 Å². The molecule has 1 unspecified atom stereocenters. The summed E-state index contributed by atoms with van der Waals surface area (Å²) in [5, 5.41) is 8.25. The number of nitrogens with one attached hydrogen (secondary N) is 1. The number of imide groups is 1. The molecule has 0 bridgehead atoms. The van der Waals surface area contributed by atoms with Gasteiger partial charge in [-0.3, -0.25) is 19.3 Å². The largest absolute Gasteiger partial charge is 0.321 e. The Morgan fingerprint density at radius 2 is 1.76 bits per heavy atom. The second kappa shape index (κ2) is 8.22. The first kappa shape index (κ1) is 21.5. The van der Waals surface area contributed by atoms with Gasteiger partial charge in [-0.05, 0) is 56.7 Å². The first-order chi connectivity index (χ1) is 16.4. The fourth-order valence-electron chi connectivity index (χ4n) is 4.15. The zero-order chi connectivity index (χ0) is 24.0. The van der Waals surface area contributed by atoms with Gasteiger partial charge in [-0.1, -0.05) is 25.1 Å². The van der Waals surface area contributed by atoms with Crippen molar-refractivity contribution in [3.05, 3.63) is 83.2 Å². The summed E-state index contributed by atoms with van der Waals surface area (Å²) in [6.45, 7) is 5.64. The average molecular weight is 454 g/mol. The minimum atomic E-state index is -0.390. The van der Waals surface area contributed by atoms with Crippen molar-refractivity contribution in [1.82, 2.24) is 19.7 Å². The van der Waals surface area contributed by atoms with E-state index in [4.69, 9.17) is 0 Å². The minimum absolute atomic E-state index is 0.206. The molecule has 8 heteroatoms. The highest BCUT2D eigenvalue weighted by molar-refractivity contribution is 6.22. The van der Waals surface area contributed by atoms with Crippen molar-refractivity contribution in [2.24, 2.45) is 0 Å². The Labute approximate surface area is 196 Å². The number of carbonyl (C=O) groups is 3. The van der Waals surface area contributed by atoms with Crippen LogP contribution in [0.2, 0.25) is 0 Å². The van der Waals surface area contributed by atoms with Crippen LogP contribution in [-0.2, 0) is 0 Å². The summed E-state index contributed by atoms with van der Waals surface area (Å²) >= 11 is 0. The van der Waals surface area contributed by atoms with Crippen LogP contribution in [0.3, 0.4) is 0 Å². The quantitative estimate of drug-likeness (QED) is 0.453. The fraction of sp³-hybridized carbons (Fsp3) is 0.192. The van der Waals surface area contributed by atoms with E-state index in [0.29, 0.717) is 28.9 Å². The van der Waals surface area contributed by atoms with Crippen LogP contribution in [0.1, 0.15) is 57.0 Å². The zero-order valence-electron chi connectivity index (χ0n) is 19.1. The van der Waals surface area contributed by atoms with E-state index in [2.05, 4.69) is 15.4 Å². The monoisotopic (exact) mass is 453 g/mol. The molecule has 0 aliphatic carbocycles.